The summed E-state index contributed by atoms with van der Waals surface area (Å²) >= 11 is 0. The average Bonchev–Trinajstić information content (AvgIpc) is 2.42. The molecule has 3 N–H and O–H groups in total. The number of likely N-dealkylation sites (N-methyl/N-ethyl adjacent to an activating group) is 1. The fourth-order valence-corrected chi connectivity index (χ4v) is 2.68. The van der Waals surface area contributed by atoms with Crippen LogP contribution in [-0.4, -0.2) is 71.5 Å². The van der Waals surface area contributed by atoms with E-state index < -0.39 is 23.8 Å². The Bertz CT molecular complexity index is 414. The second-order valence-electron chi connectivity index (χ2n) is 7.45. The Morgan fingerprint density at radius 1 is 1.00 bits per heavy atom. The van der Waals surface area contributed by atoms with E-state index in [1.165, 1.54) is 6.08 Å². The first-order valence-corrected chi connectivity index (χ1v) is 8.67. The van der Waals surface area contributed by atoms with Crippen LogP contribution < -0.4 is 0 Å². The van der Waals surface area contributed by atoms with Gasteiger partial charge in [-0.25, -0.2) is 0 Å². The molecule has 0 aromatic rings. The van der Waals surface area contributed by atoms with Crippen molar-refractivity contribution in [2.75, 3.05) is 34.3 Å². The van der Waals surface area contributed by atoms with Crippen molar-refractivity contribution >= 4 is 11.8 Å². The van der Waals surface area contributed by atoms with E-state index in [2.05, 4.69) is 0 Å². The zero-order chi connectivity index (χ0) is 18.6. The van der Waals surface area contributed by atoms with E-state index in [1.807, 2.05) is 0 Å². The van der Waals surface area contributed by atoms with Crippen LogP contribution in [0.25, 0.3) is 0 Å². The van der Waals surface area contributed by atoms with Crippen molar-refractivity contribution < 1.29 is 29.4 Å². The molecule has 0 rings (SSSR count). The molecule has 6 nitrogen and oxygen atoms in total. The first-order chi connectivity index (χ1) is 11.1. The molecule has 1 unspecified atom stereocenters. The van der Waals surface area contributed by atoms with Crippen molar-refractivity contribution in [3.05, 3.63) is 12.2 Å². The number of unbranched alkanes of at least 4 members (excludes halogenated alkanes) is 6. The predicted molar refractivity (Wildman–Crippen MR) is 93.7 cm³/mol. The molecule has 0 aliphatic carbocycles. The number of carbonyl (C=O) groups is 2. The van der Waals surface area contributed by atoms with Gasteiger partial charge in [0.25, 0.3) is 0 Å². The van der Waals surface area contributed by atoms with E-state index in [1.54, 1.807) is 27.2 Å². The molecule has 6 heteroatoms. The van der Waals surface area contributed by atoms with Gasteiger partial charge in [-0.3, -0.25) is 9.59 Å². The van der Waals surface area contributed by atoms with Crippen molar-refractivity contribution in [2.45, 2.75) is 57.0 Å². The van der Waals surface area contributed by atoms with Gasteiger partial charge in [0.15, 0.2) is 11.4 Å². The molecule has 0 spiro atoms. The Kier molecular flexibility index (Phi) is 10.8. The van der Waals surface area contributed by atoms with Gasteiger partial charge in [-0.15, -0.1) is 0 Å². The summed E-state index contributed by atoms with van der Waals surface area (Å²) in [6, 6.07) is 0. The predicted octanol–water partition coefficient (Wildman–Crippen LogP) is 1.75. The van der Waals surface area contributed by atoms with Crippen molar-refractivity contribution in [3.63, 3.8) is 0 Å². The Balaban J connectivity index is 4.33. The third kappa shape index (κ3) is 11.3. The number of hydrogen-bond acceptors (Lipinski definition) is 4. The van der Waals surface area contributed by atoms with Crippen LogP contribution in [0.5, 0.6) is 0 Å². The molecule has 24 heavy (non-hydrogen) atoms. The highest BCUT2D eigenvalue weighted by molar-refractivity contribution is 5.99. The van der Waals surface area contributed by atoms with E-state index in [4.69, 9.17) is 10.2 Å². The lowest BCUT2D eigenvalue weighted by Gasteiger charge is -2.33. The number of rotatable bonds is 14. The Morgan fingerprint density at radius 3 is 2.04 bits per heavy atom. The van der Waals surface area contributed by atoms with Crippen LogP contribution in [0.15, 0.2) is 12.2 Å². The minimum Gasteiger partial charge on any atom is -0.481 e. The van der Waals surface area contributed by atoms with Crippen molar-refractivity contribution in [1.29, 1.82) is 0 Å². The number of aliphatic hydroxyl groups excluding tert-OH is 1. The SMILES string of the molecule is C[N+](C)(C)CC(O)(CC(=O)O)C(=O)C=CCCCCCCCCO. The number of carbonyl (C=O) groups excluding carboxylic acids is 1. The highest BCUT2D eigenvalue weighted by Crippen LogP contribution is 2.17. The van der Waals surface area contributed by atoms with Gasteiger partial charge in [0.2, 0.25) is 0 Å². The molecule has 0 aromatic heterocycles. The summed E-state index contributed by atoms with van der Waals surface area (Å²) < 4.78 is 0.303. The Labute approximate surface area is 145 Å². The number of aliphatic carboxylic acids is 1. The van der Waals surface area contributed by atoms with E-state index in [9.17, 15) is 14.7 Å². The van der Waals surface area contributed by atoms with Crippen LogP contribution in [0.3, 0.4) is 0 Å². The van der Waals surface area contributed by atoms with E-state index in [0.717, 1.165) is 44.9 Å². The van der Waals surface area contributed by atoms with Crippen LogP contribution in [0.4, 0.5) is 0 Å². The number of aliphatic hydroxyl groups is 2. The molecule has 0 bridgehead atoms. The van der Waals surface area contributed by atoms with Gasteiger partial charge < -0.3 is 19.8 Å². The second kappa shape index (κ2) is 11.3. The Hall–Kier alpha value is -1.24. The van der Waals surface area contributed by atoms with Crippen molar-refractivity contribution in [1.82, 2.24) is 0 Å². The van der Waals surface area contributed by atoms with Crippen LogP contribution in [0, 0.1) is 0 Å². The highest BCUT2D eigenvalue weighted by Gasteiger charge is 2.41. The summed E-state index contributed by atoms with van der Waals surface area (Å²) in [6.45, 7) is 0.296. The van der Waals surface area contributed by atoms with Gasteiger partial charge >= 0.3 is 5.97 Å². The zero-order valence-electron chi connectivity index (χ0n) is 15.3. The number of carboxylic acid groups (broad SMARTS) is 1. The van der Waals surface area contributed by atoms with E-state index in [-0.39, 0.29) is 13.2 Å². The van der Waals surface area contributed by atoms with Crippen LogP contribution in [-0.2, 0) is 9.59 Å². The van der Waals surface area contributed by atoms with Crippen LogP contribution in [0.2, 0.25) is 0 Å². The number of hydrogen-bond donors (Lipinski definition) is 3. The lowest BCUT2D eigenvalue weighted by atomic mass is 9.92. The van der Waals surface area contributed by atoms with Gasteiger partial charge in [-0.2, -0.15) is 0 Å². The monoisotopic (exact) mass is 344 g/mol. The second-order valence-corrected chi connectivity index (χ2v) is 7.45. The minimum absolute atomic E-state index is 0.0489. The normalized spacial score (nSPS) is 14.7. The minimum atomic E-state index is -1.87. The van der Waals surface area contributed by atoms with Crippen molar-refractivity contribution in [2.24, 2.45) is 0 Å². The number of allylic oxidation sites excluding steroid dienone is 1. The summed E-state index contributed by atoms with van der Waals surface area (Å²) in [5, 5.41) is 28.1. The fourth-order valence-electron chi connectivity index (χ4n) is 2.68. The van der Waals surface area contributed by atoms with Gasteiger partial charge in [-0.1, -0.05) is 31.8 Å². The maximum absolute atomic E-state index is 12.3. The Morgan fingerprint density at radius 2 is 1.54 bits per heavy atom. The maximum atomic E-state index is 12.3. The summed E-state index contributed by atoms with van der Waals surface area (Å²) in [5.74, 6) is -1.73. The molecular formula is C18H34NO5+. The number of ketones is 1. The van der Waals surface area contributed by atoms with Crippen LogP contribution >= 0.6 is 0 Å². The zero-order valence-corrected chi connectivity index (χ0v) is 15.3. The number of carboxylic acids is 1. The lowest BCUT2D eigenvalue weighted by Crippen LogP contribution is -2.54. The number of nitrogens with zero attached hydrogens (tertiary/aromatic N) is 1. The van der Waals surface area contributed by atoms with Gasteiger partial charge in [0, 0.05) is 6.61 Å². The summed E-state index contributed by atoms with van der Waals surface area (Å²) in [7, 11) is 5.42. The maximum Gasteiger partial charge on any atom is 0.307 e. The summed E-state index contributed by atoms with van der Waals surface area (Å²) in [6.07, 6.45) is 9.30. The molecule has 1 atom stereocenters. The smallest absolute Gasteiger partial charge is 0.307 e. The fraction of sp³-hybridized carbons (Fsp3) is 0.778. The molecule has 0 saturated carbocycles. The van der Waals surface area contributed by atoms with Crippen molar-refractivity contribution in [3.8, 4) is 0 Å². The topological polar surface area (TPSA) is 94.8 Å². The average molecular weight is 344 g/mol. The number of quaternary nitrogens is 1. The van der Waals surface area contributed by atoms with E-state index in [0.29, 0.717) is 4.48 Å². The molecular weight excluding hydrogens is 310 g/mol. The quantitative estimate of drug-likeness (QED) is 0.253. The molecule has 140 valence electrons. The molecule has 0 aromatic carbocycles. The largest absolute Gasteiger partial charge is 0.481 e. The molecule has 0 amide bonds. The highest BCUT2D eigenvalue weighted by atomic mass is 16.4. The van der Waals surface area contributed by atoms with Gasteiger partial charge in [-0.05, 0) is 25.3 Å². The molecule has 0 heterocycles. The lowest BCUT2D eigenvalue weighted by molar-refractivity contribution is -0.875. The summed E-state index contributed by atoms with van der Waals surface area (Å²) in [4.78, 5) is 23.2. The summed E-state index contributed by atoms with van der Waals surface area (Å²) in [5.41, 5.74) is -1.87. The molecule has 0 aliphatic heterocycles. The third-order valence-electron chi connectivity index (χ3n) is 3.69. The first kappa shape index (κ1) is 22.8. The van der Waals surface area contributed by atoms with Gasteiger partial charge in [0.05, 0.1) is 27.6 Å². The van der Waals surface area contributed by atoms with Crippen LogP contribution in [0.1, 0.15) is 51.4 Å². The molecule has 0 aliphatic rings. The van der Waals surface area contributed by atoms with E-state index >= 15 is 0 Å². The standard InChI is InChI=1S/C18H33NO5/c1-19(2,3)15-18(24,14-17(22)23)16(21)12-10-8-6-4-5-7-9-11-13-20/h10,12,20,24H,4-9,11,13-15H2,1-3H3/p+1. The third-order valence-corrected chi connectivity index (χ3v) is 3.69. The molecule has 0 fully saturated rings. The first-order valence-electron chi connectivity index (χ1n) is 8.67. The van der Waals surface area contributed by atoms with Gasteiger partial charge in [0.1, 0.15) is 6.54 Å². The molecule has 0 saturated heterocycles. The molecule has 0 radical (unpaired) electrons.